The summed E-state index contributed by atoms with van der Waals surface area (Å²) < 4.78 is 17.1. The van der Waals surface area contributed by atoms with Crippen LogP contribution in [0.1, 0.15) is 27.3 Å². The zero-order valence-electron chi connectivity index (χ0n) is 14.0. The maximum atomic E-state index is 13.9. The van der Waals surface area contributed by atoms with Crippen molar-refractivity contribution in [3.05, 3.63) is 63.8 Å². The Hall–Kier alpha value is -2.67. The van der Waals surface area contributed by atoms with Crippen LogP contribution >= 0.6 is 11.6 Å². The molecule has 2 aromatic heterocycles. The monoisotopic (exact) mass is 361 g/mol. The molecule has 6 nitrogen and oxygen atoms in total. The lowest BCUT2D eigenvalue weighted by molar-refractivity contribution is 0.102. The minimum absolute atomic E-state index is 0.180. The lowest BCUT2D eigenvalue weighted by Crippen LogP contribution is -2.13. The van der Waals surface area contributed by atoms with E-state index in [0.717, 1.165) is 5.69 Å². The van der Waals surface area contributed by atoms with E-state index in [1.54, 1.807) is 47.7 Å². The van der Waals surface area contributed by atoms with Gasteiger partial charge in [0.05, 0.1) is 17.8 Å². The standard InChI is InChI=1S/C17H17ClFN5O/c1-10-7-16(20-17(25)12-8-23(3)21-11(12)2)22-24(10)9-13-14(18)5-4-6-15(13)19/h4-8H,9H2,1-3H3,(H,20,22,25). The second-order valence-electron chi connectivity index (χ2n) is 5.78. The first-order valence-corrected chi connectivity index (χ1v) is 8.02. The zero-order chi connectivity index (χ0) is 18.1. The number of halogens is 2. The van der Waals surface area contributed by atoms with Crippen molar-refractivity contribution in [2.24, 2.45) is 7.05 Å². The van der Waals surface area contributed by atoms with Gasteiger partial charge in [0.1, 0.15) is 5.82 Å². The van der Waals surface area contributed by atoms with Gasteiger partial charge in [0.15, 0.2) is 5.82 Å². The van der Waals surface area contributed by atoms with Gasteiger partial charge in [-0.15, -0.1) is 0 Å². The van der Waals surface area contributed by atoms with E-state index in [1.165, 1.54) is 6.07 Å². The number of carbonyl (C=O) groups is 1. The first-order valence-electron chi connectivity index (χ1n) is 7.64. The molecule has 0 bridgehead atoms. The van der Waals surface area contributed by atoms with Crippen molar-refractivity contribution in [1.29, 1.82) is 0 Å². The number of aromatic nitrogens is 4. The van der Waals surface area contributed by atoms with E-state index < -0.39 is 0 Å². The summed E-state index contributed by atoms with van der Waals surface area (Å²) in [5.41, 5.74) is 2.25. The number of hydrogen-bond donors (Lipinski definition) is 1. The zero-order valence-corrected chi connectivity index (χ0v) is 14.8. The summed E-state index contributed by atoms with van der Waals surface area (Å²) in [4.78, 5) is 12.3. The van der Waals surface area contributed by atoms with Crippen LogP contribution in [0.15, 0.2) is 30.5 Å². The van der Waals surface area contributed by atoms with Crippen LogP contribution in [0, 0.1) is 19.7 Å². The van der Waals surface area contributed by atoms with Crippen LogP contribution in [0.3, 0.4) is 0 Å². The second-order valence-corrected chi connectivity index (χ2v) is 6.19. The number of benzene rings is 1. The fourth-order valence-corrected chi connectivity index (χ4v) is 2.79. The maximum Gasteiger partial charge on any atom is 0.260 e. The molecule has 1 aromatic carbocycles. The highest BCUT2D eigenvalue weighted by Gasteiger charge is 2.16. The van der Waals surface area contributed by atoms with Gasteiger partial charge >= 0.3 is 0 Å². The molecule has 0 aliphatic rings. The number of carbonyl (C=O) groups excluding carboxylic acids is 1. The molecule has 0 fully saturated rings. The van der Waals surface area contributed by atoms with Gasteiger partial charge in [0.25, 0.3) is 5.91 Å². The van der Waals surface area contributed by atoms with Crippen molar-refractivity contribution in [2.75, 3.05) is 5.32 Å². The summed E-state index contributed by atoms with van der Waals surface area (Å²) in [6, 6.07) is 6.26. The summed E-state index contributed by atoms with van der Waals surface area (Å²) in [5.74, 6) is -0.295. The smallest absolute Gasteiger partial charge is 0.260 e. The fraction of sp³-hybridized carbons (Fsp3) is 0.235. The second kappa shape index (κ2) is 6.68. The molecule has 3 aromatic rings. The number of nitrogens with zero attached hydrogens (tertiary/aromatic N) is 4. The van der Waals surface area contributed by atoms with Gasteiger partial charge in [-0.1, -0.05) is 17.7 Å². The number of nitrogens with one attached hydrogen (secondary N) is 1. The molecule has 3 rings (SSSR count). The van der Waals surface area contributed by atoms with E-state index in [2.05, 4.69) is 15.5 Å². The van der Waals surface area contributed by atoms with Gasteiger partial charge in [-0.25, -0.2) is 4.39 Å². The molecule has 1 amide bonds. The first-order chi connectivity index (χ1) is 11.8. The molecule has 25 heavy (non-hydrogen) atoms. The van der Waals surface area contributed by atoms with Crippen LogP contribution < -0.4 is 5.32 Å². The molecule has 130 valence electrons. The van der Waals surface area contributed by atoms with Gasteiger partial charge in [-0.05, 0) is 26.0 Å². The normalized spacial score (nSPS) is 10.9. The Bertz CT molecular complexity index is 926. The highest BCUT2D eigenvalue weighted by molar-refractivity contribution is 6.31. The van der Waals surface area contributed by atoms with E-state index in [4.69, 9.17) is 11.6 Å². The van der Waals surface area contributed by atoms with Crippen LogP contribution in [0.5, 0.6) is 0 Å². The molecule has 0 spiro atoms. The topological polar surface area (TPSA) is 64.7 Å². The van der Waals surface area contributed by atoms with E-state index >= 15 is 0 Å². The van der Waals surface area contributed by atoms with Crippen LogP contribution in [0.4, 0.5) is 10.2 Å². The highest BCUT2D eigenvalue weighted by Crippen LogP contribution is 2.21. The number of amides is 1. The highest BCUT2D eigenvalue weighted by atomic mass is 35.5. The average Bonchev–Trinajstić information content (AvgIpc) is 3.05. The van der Waals surface area contributed by atoms with Crippen molar-refractivity contribution in [3.63, 3.8) is 0 Å². The molecule has 0 aliphatic heterocycles. The van der Waals surface area contributed by atoms with Crippen LogP contribution in [0.2, 0.25) is 5.02 Å². The first kappa shape index (κ1) is 17.2. The van der Waals surface area contributed by atoms with Gasteiger partial charge in [0.2, 0.25) is 0 Å². The number of anilines is 1. The third-order valence-corrected chi connectivity index (χ3v) is 4.20. The lowest BCUT2D eigenvalue weighted by Gasteiger charge is -2.07. The molecule has 0 saturated carbocycles. The van der Waals surface area contributed by atoms with Gasteiger partial charge < -0.3 is 5.32 Å². The Labute approximate surface area is 149 Å². The van der Waals surface area contributed by atoms with Crippen LogP contribution in [-0.2, 0) is 13.6 Å². The number of aryl methyl sites for hydroxylation is 3. The van der Waals surface area contributed by atoms with Crippen LogP contribution in [0.25, 0.3) is 0 Å². The van der Waals surface area contributed by atoms with Crippen LogP contribution in [-0.4, -0.2) is 25.5 Å². The summed E-state index contributed by atoms with van der Waals surface area (Å²) in [6.45, 7) is 3.77. The summed E-state index contributed by atoms with van der Waals surface area (Å²) in [7, 11) is 1.75. The van der Waals surface area contributed by atoms with Gasteiger partial charge in [-0.2, -0.15) is 10.2 Å². The molecule has 1 N–H and O–H groups in total. The maximum absolute atomic E-state index is 13.9. The average molecular weight is 362 g/mol. The molecule has 0 unspecified atom stereocenters. The Morgan fingerprint density at radius 1 is 1.32 bits per heavy atom. The van der Waals surface area contributed by atoms with Crippen molar-refractivity contribution in [1.82, 2.24) is 19.6 Å². The Morgan fingerprint density at radius 2 is 2.08 bits per heavy atom. The van der Waals surface area contributed by atoms with Crippen molar-refractivity contribution < 1.29 is 9.18 Å². The summed E-state index contributed by atoms with van der Waals surface area (Å²) in [5, 5.41) is 11.5. The van der Waals surface area contributed by atoms with E-state index in [1.807, 2.05) is 6.92 Å². The lowest BCUT2D eigenvalue weighted by atomic mass is 10.2. The van der Waals surface area contributed by atoms with Crippen molar-refractivity contribution >= 4 is 23.3 Å². The van der Waals surface area contributed by atoms with Crippen molar-refractivity contribution in [3.8, 4) is 0 Å². The Balaban J connectivity index is 1.81. The number of rotatable bonds is 4. The molecular formula is C17H17ClFN5O. The Morgan fingerprint density at radius 3 is 2.72 bits per heavy atom. The van der Waals surface area contributed by atoms with Gasteiger partial charge in [-0.3, -0.25) is 14.2 Å². The largest absolute Gasteiger partial charge is 0.305 e. The quantitative estimate of drug-likeness (QED) is 0.775. The number of hydrogen-bond acceptors (Lipinski definition) is 3. The molecule has 0 radical (unpaired) electrons. The molecular weight excluding hydrogens is 345 g/mol. The fourth-order valence-electron chi connectivity index (χ4n) is 2.57. The van der Waals surface area contributed by atoms with Crippen molar-refractivity contribution in [2.45, 2.75) is 20.4 Å². The minimum atomic E-state index is -0.390. The Kier molecular flexibility index (Phi) is 4.59. The SMILES string of the molecule is Cc1nn(C)cc1C(=O)Nc1cc(C)n(Cc2c(F)cccc2Cl)n1. The third-order valence-electron chi connectivity index (χ3n) is 3.85. The van der Waals surface area contributed by atoms with E-state index in [-0.39, 0.29) is 18.3 Å². The molecule has 2 heterocycles. The molecule has 0 saturated heterocycles. The predicted octanol–water partition coefficient (Wildman–Crippen LogP) is 3.33. The van der Waals surface area contributed by atoms with E-state index in [0.29, 0.717) is 27.7 Å². The predicted molar refractivity (Wildman–Crippen MR) is 93.4 cm³/mol. The third kappa shape index (κ3) is 3.56. The van der Waals surface area contributed by atoms with Gasteiger partial charge in [0, 0.05) is 35.6 Å². The summed E-state index contributed by atoms with van der Waals surface area (Å²) in [6.07, 6.45) is 1.65. The summed E-state index contributed by atoms with van der Waals surface area (Å²) >= 11 is 6.06. The molecule has 0 atom stereocenters. The molecule has 8 heteroatoms. The molecule has 0 aliphatic carbocycles. The van der Waals surface area contributed by atoms with E-state index in [9.17, 15) is 9.18 Å². The minimum Gasteiger partial charge on any atom is -0.305 e.